The Morgan fingerprint density at radius 2 is 1.89 bits per heavy atom. The first kappa shape index (κ1) is 20.9. The molecule has 0 aliphatic carbocycles. The van der Waals surface area contributed by atoms with Crippen molar-refractivity contribution in [1.29, 1.82) is 0 Å². The van der Waals surface area contributed by atoms with Gasteiger partial charge in [-0.15, -0.1) is 0 Å². The minimum Gasteiger partial charge on any atom is -0.444 e. The van der Waals surface area contributed by atoms with Crippen LogP contribution in [-0.2, 0) is 4.74 Å². The number of ether oxygens (including phenoxy) is 1. The lowest BCUT2D eigenvalue weighted by molar-refractivity contribution is 0.0159. The van der Waals surface area contributed by atoms with Crippen molar-refractivity contribution in [1.82, 2.24) is 9.80 Å². The molecule has 5 nitrogen and oxygen atoms in total. The second-order valence-corrected chi connectivity index (χ2v) is 8.01. The van der Waals surface area contributed by atoms with E-state index in [9.17, 15) is 14.0 Å². The van der Waals surface area contributed by atoms with Crippen LogP contribution < -0.4 is 0 Å². The zero-order chi connectivity index (χ0) is 20.4. The largest absolute Gasteiger partial charge is 0.444 e. The second-order valence-electron chi connectivity index (χ2n) is 8.01. The van der Waals surface area contributed by atoms with Crippen molar-refractivity contribution in [2.24, 2.45) is 0 Å². The van der Waals surface area contributed by atoms with Gasteiger partial charge in [-0.25, -0.2) is 9.18 Å². The minimum atomic E-state index is -0.535. The summed E-state index contributed by atoms with van der Waals surface area (Å²) >= 11 is 0. The maximum absolute atomic E-state index is 14.3. The first-order valence-electron chi connectivity index (χ1n) is 9.21. The molecule has 1 fully saturated rings. The molecule has 2 amide bonds. The number of piperidine rings is 1. The predicted octanol–water partition coefficient (Wildman–Crippen LogP) is 4.25. The fourth-order valence-corrected chi connectivity index (χ4v) is 3.19. The molecular weight excluding hydrogens is 347 g/mol. The number of benzene rings is 1. The average molecular weight is 376 g/mol. The van der Waals surface area contributed by atoms with Crippen LogP contribution in [0, 0.1) is 12.7 Å². The van der Waals surface area contributed by atoms with Crippen molar-refractivity contribution >= 4 is 18.1 Å². The third kappa shape index (κ3) is 5.08. The van der Waals surface area contributed by atoms with Gasteiger partial charge in [0.25, 0.3) is 5.91 Å². The molecule has 1 heterocycles. The number of likely N-dealkylation sites (tertiary alicyclic amines) is 1. The third-order valence-corrected chi connectivity index (χ3v) is 4.79. The van der Waals surface area contributed by atoms with Crippen LogP contribution in [0.2, 0.25) is 0 Å². The Labute approximate surface area is 160 Å². The lowest BCUT2D eigenvalue weighted by Crippen LogP contribution is -2.48. The van der Waals surface area contributed by atoms with Crippen molar-refractivity contribution < 1.29 is 18.7 Å². The van der Waals surface area contributed by atoms with Crippen molar-refractivity contribution in [2.45, 2.75) is 52.2 Å². The van der Waals surface area contributed by atoms with Crippen molar-refractivity contribution in [3.63, 3.8) is 0 Å². The summed E-state index contributed by atoms with van der Waals surface area (Å²) in [5.41, 5.74) is 1.000. The Morgan fingerprint density at radius 3 is 2.41 bits per heavy atom. The molecule has 2 rings (SSSR count). The van der Waals surface area contributed by atoms with Crippen molar-refractivity contribution in [3.05, 3.63) is 41.2 Å². The molecule has 0 radical (unpaired) electrons. The van der Waals surface area contributed by atoms with Gasteiger partial charge >= 0.3 is 6.09 Å². The number of aryl methyl sites for hydroxylation is 1. The highest BCUT2D eigenvalue weighted by molar-refractivity contribution is 5.95. The highest BCUT2D eigenvalue weighted by Gasteiger charge is 2.31. The average Bonchev–Trinajstić information content (AvgIpc) is 2.59. The van der Waals surface area contributed by atoms with Gasteiger partial charge in [0.1, 0.15) is 11.4 Å². The first-order valence-corrected chi connectivity index (χ1v) is 9.21. The maximum Gasteiger partial charge on any atom is 0.410 e. The van der Waals surface area contributed by atoms with Crippen LogP contribution in [0.1, 0.15) is 55.1 Å². The van der Waals surface area contributed by atoms with Gasteiger partial charge in [0.15, 0.2) is 0 Å². The molecule has 1 aliphatic heterocycles. The fourth-order valence-electron chi connectivity index (χ4n) is 3.19. The Kier molecular flexibility index (Phi) is 6.29. The van der Waals surface area contributed by atoms with Crippen LogP contribution in [0.4, 0.5) is 9.18 Å². The maximum atomic E-state index is 14.3. The normalized spacial score (nSPS) is 15.4. The van der Waals surface area contributed by atoms with Crippen LogP contribution in [0.15, 0.2) is 18.7 Å². The van der Waals surface area contributed by atoms with E-state index in [1.165, 1.54) is 6.07 Å². The van der Waals surface area contributed by atoms with Crippen LogP contribution >= 0.6 is 0 Å². The number of nitrogens with zero attached hydrogens (tertiary/aromatic N) is 2. The van der Waals surface area contributed by atoms with Gasteiger partial charge in [-0.1, -0.05) is 12.7 Å². The van der Waals surface area contributed by atoms with E-state index in [2.05, 4.69) is 6.58 Å². The molecule has 0 N–H and O–H groups in total. The fraction of sp³-hybridized carbons (Fsp3) is 0.524. The number of rotatable bonds is 3. The van der Waals surface area contributed by atoms with Gasteiger partial charge in [0.05, 0.1) is 5.56 Å². The highest BCUT2D eigenvalue weighted by atomic mass is 19.1. The van der Waals surface area contributed by atoms with E-state index in [4.69, 9.17) is 4.74 Å². The lowest BCUT2D eigenvalue weighted by Gasteiger charge is -2.37. The Morgan fingerprint density at radius 1 is 1.30 bits per heavy atom. The smallest absolute Gasteiger partial charge is 0.410 e. The molecule has 148 valence electrons. The van der Waals surface area contributed by atoms with E-state index in [1.54, 1.807) is 35.9 Å². The predicted molar refractivity (Wildman–Crippen MR) is 104 cm³/mol. The molecule has 6 heteroatoms. The minimum absolute atomic E-state index is 0.0487. The molecule has 1 aliphatic rings. The summed E-state index contributed by atoms with van der Waals surface area (Å²) in [6.07, 6.45) is 2.53. The SMILES string of the molecule is C=Cc1cc(C(=O)N(C)C2CCN(C(=O)OC(C)(C)C)CC2)c(F)cc1C. The number of hydrogen-bond donors (Lipinski definition) is 0. The summed E-state index contributed by atoms with van der Waals surface area (Å²) < 4.78 is 19.7. The van der Waals surface area contributed by atoms with Crippen molar-refractivity contribution in [2.75, 3.05) is 20.1 Å². The summed E-state index contributed by atoms with van der Waals surface area (Å²) in [5, 5.41) is 0. The highest BCUT2D eigenvalue weighted by Crippen LogP contribution is 2.22. The molecule has 1 aromatic carbocycles. The number of hydrogen-bond acceptors (Lipinski definition) is 3. The van der Waals surface area contributed by atoms with E-state index in [0.717, 1.165) is 11.1 Å². The Bertz CT molecular complexity index is 732. The Balaban J connectivity index is 2.03. The number of amides is 2. The van der Waals surface area contributed by atoms with Crippen LogP contribution in [0.25, 0.3) is 6.08 Å². The third-order valence-electron chi connectivity index (χ3n) is 4.79. The zero-order valence-corrected chi connectivity index (χ0v) is 16.8. The van der Waals surface area contributed by atoms with Crippen LogP contribution in [-0.4, -0.2) is 53.6 Å². The van der Waals surface area contributed by atoms with Gasteiger partial charge in [-0.05, 0) is 63.8 Å². The quantitative estimate of drug-likeness (QED) is 0.792. The molecule has 0 saturated carbocycles. The van der Waals surface area contributed by atoms with Crippen molar-refractivity contribution in [3.8, 4) is 0 Å². The molecule has 1 saturated heterocycles. The molecule has 0 unspecified atom stereocenters. The summed E-state index contributed by atoms with van der Waals surface area (Å²) in [4.78, 5) is 28.2. The lowest BCUT2D eigenvalue weighted by atomic mass is 10.0. The summed E-state index contributed by atoms with van der Waals surface area (Å²) in [5.74, 6) is -0.882. The molecular formula is C21H29FN2O3. The molecule has 0 atom stereocenters. The van der Waals surface area contributed by atoms with Crippen LogP contribution in [0.5, 0.6) is 0 Å². The van der Waals surface area contributed by atoms with Gasteiger partial charge in [-0.2, -0.15) is 0 Å². The van der Waals surface area contributed by atoms with E-state index in [-0.39, 0.29) is 23.6 Å². The number of halogens is 1. The zero-order valence-electron chi connectivity index (χ0n) is 16.8. The monoisotopic (exact) mass is 376 g/mol. The first-order chi connectivity index (χ1) is 12.5. The topological polar surface area (TPSA) is 49.9 Å². The molecule has 0 spiro atoms. The van der Waals surface area contributed by atoms with E-state index in [0.29, 0.717) is 25.9 Å². The van der Waals surface area contributed by atoms with Gasteiger partial charge in [0, 0.05) is 26.2 Å². The molecule has 1 aromatic rings. The van der Waals surface area contributed by atoms with Crippen LogP contribution in [0.3, 0.4) is 0 Å². The van der Waals surface area contributed by atoms with Gasteiger partial charge in [0.2, 0.25) is 0 Å². The van der Waals surface area contributed by atoms with Gasteiger partial charge < -0.3 is 14.5 Å². The van der Waals surface area contributed by atoms with E-state index in [1.807, 2.05) is 20.8 Å². The standard InChI is InChI=1S/C21H29FN2O3/c1-7-15-13-17(18(22)12-14(15)2)19(25)23(6)16-8-10-24(11-9-16)20(26)27-21(3,4)5/h7,12-13,16H,1,8-11H2,2-6H3. The molecule has 0 bridgehead atoms. The summed E-state index contributed by atoms with van der Waals surface area (Å²) in [7, 11) is 1.68. The number of carbonyl (C=O) groups is 2. The molecule has 27 heavy (non-hydrogen) atoms. The number of carbonyl (C=O) groups excluding carboxylic acids is 2. The Hall–Kier alpha value is -2.37. The summed E-state index contributed by atoms with van der Waals surface area (Å²) in [6, 6.07) is 2.86. The van der Waals surface area contributed by atoms with E-state index >= 15 is 0 Å². The van der Waals surface area contributed by atoms with E-state index < -0.39 is 11.4 Å². The summed E-state index contributed by atoms with van der Waals surface area (Å²) in [6.45, 7) is 12.0. The second kappa shape index (κ2) is 8.11. The molecule has 0 aromatic heterocycles. The van der Waals surface area contributed by atoms with Gasteiger partial charge in [-0.3, -0.25) is 4.79 Å².